The molecule has 0 aliphatic heterocycles. The molecule has 1 aromatic carbocycles. The predicted molar refractivity (Wildman–Crippen MR) is 81.7 cm³/mol. The number of halogens is 1. The summed E-state index contributed by atoms with van der Waals surface area (Å²) in [4.78, 5) is 0. The number of nitrogens with one attached hydrogen (secondary N) is 1. The first kappa shape index (κ1) is 14.4. The Labute approximate surface area is 120 Å². The van der Waals surface area contributed by atoms with E-state index in [9.17, 15) is 0 Å². The molecular formula is C16H22ClNO. The molecule has 0 radical (unpaired) electrons. The molecule has 19 heavy (non-hydrogen) atoms. The quantitative estimate of drug-likeness (QED) is 0.852. The van der Waals surface area contributed by atoms with Crippen molar-refractivity contribution in [1.82, 2.24) is 5.32 Å². The molecule has 2 nitrogen and oxygen atoms in total. The second-order valence-electron chi connectivity index (χ2n) is 5.78. The van der Waals surface area contributed by atoms with Crippen molar-refractivity contribution in [1.29, 1.82) is 0 Å². The molecule has 2 rings (SSSR count). The Morgan fingerprint density at radius 3 is 2.58 bits per heavy atom. The fourth-order valence-electron chi connectivity index (χ4n) is 2.24. The van der Waals surface area contributed by atoms with E-state index in [1.807, 2.05) is 18.2 Å². The van der Waals surface area contributed by atoms with Crippen molar-refractivity contribution in [2.45, 2.75) is 46.7 Å². The van der Waals surface area contributed by atoms with Gasteiger partial charge in [0.15, 0.2) is 0 Å². The fourth-order valence-corrected chi connectivity index (χ4v) is 2.42. The van der Waals surface area contributed by atoms with E-state index in [4.69, 9.17) is 16.0 Å². The summed E-state index contributed by atoms with van der Waals surface area (Å²) in [5.74, 6) is 1.64. The van der Waals surface area contributed by atoms with Crippen LogP contribution in [0.5, 0.6) is 0 Å². The molecule has 0 aliphatic rings. The molecule has 1 heterocycles. The molecule has 3 heteroatoms. The first-order chi connectivity index (χ1) is 8.97. The minimum absolute atomic E-state index is 0.448. The number of hydrogen-bond donors (Lipinski definition) is 1. The van der Waals surface area contributed by atoms with E-state index in [1.54, 1.807) is 0 Å². The topological polar surface area (TPSA) is 25.2 Å². The molecular weight excluding hydrogens is 258 g/mol. The Morgan fingerprint density at radius 1 is 1.21 bits per heavy atom. The van der Waals surface area contributed by atoms with E-state index in [1.165, 1.54) is 5.56 Å². The number of hydrogen-bond acceptors (Lipinski definition) is 2. The molecule has 1 N–H and O–H groups in total. The molecule has 0 saturated carbocycles. The van der Waals surface area contributed by atoms with Gasteiger partial charge in [0, 0.05) is 22.0 Å². The summed E-state index contributed by atoms with van der Waals surface area (Å²) in [6, 6.07) is 6.30. The third-order valence-corrected chi connectivity index (χ3v) is 3.35. The average Bonchev–Trinajstić information content (AvgIpc) is 2.64. The summed E-state index contributed by atoms with van der Waals surface area (Å²) in [5, 5.41) is 5.34. The molecule has 0 aliphatic carbocycles. The van der Waals surface area contributed by atoms with Crippen LogP contribution in [0.4, 0.5) is 0 Å². The average molecular weight is 280 g/mol. The van der Waals surface area contributed by atoms with E-state index < -0.39 is 0 Å². The second kappa shape index (κ2) is 5.98. The van der Waals surface area contributed by atoms with Crippen LogP contribution in [0.3, 0.4) is 0 Å². The second-order valence-corrected chi connectivity index (χ2v) is 6.21. The third kappa shape index (κ3) is 3.52. The van der Waals surface area contributed by atoms with Crippen molar-refractivity contribution >= 4 is 22.6 Å². The fraction of sp³-hybridized carbons (Fsp3) is 0.500. The van der Waals surface area contributed by atoms with E-state index in [0.29, 0.717) is 12.0 Å². The van der Waals surface area contributed by atoms with E-state index in [2.05, 4.69) is 33.0 Å². The molecule has 0 atom stereocenters. The molecule has 0 spiro atoms. The van der Waals surface area contributed by atoms with Crippen LogP contribution in [0, 0.1) is 5.92 Å². The highest BCUT2D eigenvalue weighted by atomic mass is 35.5. The van der Waals surface area contributed by atoms with Crippen LogP contribution < -0.4 is 5.32 Å². The van der Waals surface area contributed by atoms with Crippen molar-refractivity contribution in [2.24, 2.45) is 5.92 Å². The third-order valence-electron chi connectivity index (χ3n) is 3.12. The smallest absolute Gasteiger partial charge is 0.134 e. The maximum absolute atomic E-state index is 6.11. The molecule has 104 valence electrons. The molecule has 0 bridgehead atoms. The predicted octanol–water partition coefficient (Wildman–Crippen LogP) is 4.78. The van der Waals surface area contributed by atoms with Crippen LogP contribution in [0.15, 0.2) is 22.6 Å². The van der Waals surface area contributed by atoms with Gasteiger partial charge in [0.1, 0.15) is 11.3 Å². The van der Waals surface area contributed by atoms with Crippen molar-refractivity contribution in [3.05, 3.63) is 34.5 Å². The van der Waals surface area contributed by atoms with Gasteiger partial charge < -0.3 is 9.73 Å². The van der Waals surface area contributed by atoms with E-state index in [0.717, 1.165) is 34.7 Å². The Balaban J connectivity index is 2.42. The lowest BCUT2D eigenvalue weighted by Crippen LogP contribution is -2.22. The van der Waals surface area contributed by atoms with Crippen LogP contribution in [0.25, 0.3) is 11.0 Å². The summed E-state index contributed by atoms with van der Waals surface area (Å²) in [5.41, 5.74) is 2.22. The van der Waals surface area contributed by atoms with Crippen LogP contribution in [0.2, 0.25) is 5.02 Å². The summed E-state index contributed by atoms with van der Waals surface area (Å²) in [6.45, 7) is 9.50. The summed E-state index contributed by atoms with van der Waals surface area (Å²) in [7, 11) is 0. The maximum Gasteiger partial charge on any atom is 0.134 e. The Kier molecular flexibility index (Phi) is 4.54. The summed E-state index contributed by atoms with van der Waals surface area (Å²) >= 11 is 6.11. The highest BCUT2D eigenvalue weighted by Crippen LogP contribution is 2.30. The molecule has 1 aromatic heterocycles. The van der Waals surface area contributed by atoms with Gasteiger partial charge >= 0.3 is 0 Å². The first-order valence-electron chi connectivity index (χ1n) is 6.90. The summed E-state index contributed by atoms with van der Waals surface area (Å²) in [6.07, 6.45) is 1.02. The number of fused-ring (bicyclic) bond motifs is 1. The van der Waals surface area contributed by atoms with Gasteiger partial charge in [-0.05, 0) is 30.5 Å². The van der Waals surface area contributed by atoms with Gasteiger partial charge in [-0.3, -0.25) is 0 Å². The zero-order chi connectivity index (χ0) is 14.0. The van der Waals surface area contributed by atoms with Gasteiger partial charge in [0.2, 0.25) is 0 Å². The van der Waals surface area contributed by atoms with Crippen molar-refractivity contribution in [3.8, 4) is 0 Å². The van der Waals surface area contributed by atoms with E-state index >= 15 is 0 Å². The Morgan fingerprint density at radius 2 is 1.95 bits per heavy atom. The van der Waals surface area contributed by atoms with Gasteiger partial charge in [0.25, 0.3) is 0 Å². The summed E-state index contributed by atoms with van der Waals surface area (Å²) < 4.78 is 5.98. The highest BCUT2D eigenvalue weighted by Gasteiger charge is 2.15. The SMILES string of the molecule is CC(C)Cc1c(CNC(C)C)oc2ccc(Cl)cc12. The number of benzene rings is 1. The van der Waals surface area contributed by atoms with Crippen molar-refractivity contribution < 1.29 is 4.42 Å². The maximum atomic E-state index is 6.11. The molecule has 0 unspecified atom stereocenters. The van der Waals surface area contributed by atoms with Gasteiger partial charge in [0.05, 0.1) is 6.54 Å². The van der Waals surface area contributed by atoms with Crippen LogP contribution in [-0.2, 0) is 13.0 Å². The zero-order valence-corrected chi connectivity index (χ0v) is 12.8. The lowest BCUT2D eigenvalue weighted by atomic mass is 9.99. The number of furan rings is 1. The minimum atomic E-state index is 0.448. The van der Waals surface area contributed by atoms with Crippen LogP contribution in [0.1, 0.15) is 39.0 Å². The van der Waals surface area contributed by atoms with Gasteiger partial charge in [-0.1, -0.05) is 39.3 Å². The largest absolute Gasteiger partial charge is 0.459 e. The van der Waals surface area contributed by atoms with Gasteiger partial charge in [-0.25, -0.2) is 0 Å². The molecule has 0 saturated heterocycles. The minimum Gasteiger partial charge on any atom is -0.459 e. The lowest BCUT2D eigenvalue weighted by molar-refractivity contribution is 0.478. The Bertz CT molecular complexity index is 557. The number of rotatable bonds is 5. The monoisotopic (exact) mass is 279 g/mol. The molecule has 0 fully saturated rings. The van der Waals surface area contributed by atoms with Crippen molar-refractivity contribution in [3.63, 3.8) is 0 Å². The van der Waals surface area contributed by atoms with Crippen molar-refractivity contribution in [2.75, 3.05) is 0 Å². The van der Waals surface area contributed by atoms with E-state index in [-0.39, 0.29) is 0 Å². The zero-order valence-electron chi connectivity index (χ0n) is 12.1. The van der Waals surface area contributed by atoms with Gasteiger partial charge in [-0.2, -0.15) is 0 Å². The Hall–Kier alpha value is -0.990. The first-order valence-corrected chi connectivity index (χ1v) is 7.28. The van der Waals surface area contributed by atoms with Crippen LogP contribution in [-0.4, -0.2) is 6.04 Å². The lowest BCUT2D eigenvalue weighted by Gasteiger charge is -2.09. The van der Waals surface area contributed by atoms with Crippen LogP contribution >= 0.6 is 11.6 Å². The standard InChI is InChI=1S/C16H22ClNO/c1-10(2)7-13-14-8-12(17)5-6-15(14)19-16(13)9-18-11(3)4/h5-6,8,10-11,18H,7,9H2,1-4H3. The highest BCUT2D eigenvalue weighted by molar-refractivity contribution is 6.31. The molecule has 2 aromatic rings. The molecule has 0 amide bonds. The normalized spacial score (nSPS) is 11.9. The van der Waals surface area contributed by atoms with Gasteiger partial charge in [-0.15, -0.1) is 0 Å².